The van der Waals surface area contributed by atoms with Crippen molar-refractivity contribution in [2.45, 2.75) is 161 Å². The topological polar surface area (TPSA) is 15.6 Å². The Morgan fingerprint density at radius 1 is 0.562 bits per heavy atom. The van der Waals surface area contributed by atoms with E-state index in [4.69, 9.17) is 4.99 Å². The number of nitrogens with zero attached hydrogens (tertiary/aromatic N) is 2. The molecule has 1 aliphatic rings. The molecular weight excluding hydrogens is 441 g/mol. The minimum atomic E-state index is -2.29. The second-order valence-corrected chi connectivity index (χ2v) is 30.5. The Morgan fingerprint density at radius 3 is 0.969 bits per heavy atom. The molecule has 2 nitrogen and oxygen atoms in total. The Bertz CT molecular complexity index is 564. The number of hydrogen-bond donors (Lipinski definition) is 0. The quantitative estimate of drug-likeness (QED) is 0.359. The van der Waals surface area contributed by atoms with Gasteiger partial charge in [-0.1, -0.05) is 125 Å². The first-order valence-electron chi connectivity index (χ1n) is 12.7. The number of thioether (sulfide) groups is 1. The zero-order valence-electron chi connectivity index (χ0n) is 25.2. The summed E-state index contributed by atoms with van der Waals surface area (Å²) in [5, 5.41) is 1.12. The van der Waals surface area contributed by atoms with Gasteiger partial charge in [-0.3, -0.25) is 4.99 Å². The van der Waals surface area contributed by atoms with Gasteiger partial charge in [-0.15, -0.1) is 11.8 Å². The van der Waals surface area contributed by atoms with Crippen LogP contribution in [-0.2, 0) is 0 Å². The van der Waals surface area contributed by atoms with Crippen LogP contribution < -0.4 is 0 Å². The molecule has 0 fully saturated rings. The summed E-state index contributed by atoms with van der Waals surface area (Å²) in [5.41, 5.74) is 2.15. The van der Waals surface area contributed by atoms with E-state index in [2.05, 4.69) is 134 Å². The molecule has 1 unspecified atom stereocenters. The molecule has 0 bridgehead atoms. The van der Waals surface area contributed by atoms with Crippen molar-refractivity contribution in [1.82, 2.24) is 4.23 Å². The van der Waals surface area contributed by atoms with Gasteiger partial charge in [-0.25, -0.2) is 0 Å². The molecule has 0 aliphatic carbocycles. The first-order chi connectivity index (χ1) is 13.7. The largest absolute Gasteiger partial charge is 0.321 e. The molecule has 190 valence electrons. The zero-order valence-corrected chi connectivity index (χ0v) is 28.0. The maximum Gasteiger partial charge on any atom is 0.139 e. The van der Waals surface area contributed by atoms with Gasteiger partial charge in [0.1, 0.15) is 22.6 Å². The normalized spacial score (nSPS) is 20.4. The van der Waals surface area contributed by atoms with Gasteiger partial charge in [-0.05, 0) is 30.2 Å². The second-order valence-electron chi connectivity index (χ2n) is 16.4. The van der Waals surface area contributed by atoms with Gasteiger partial charge in [0.15, 0.2) is 0 Å². The third-order valence-electron chi connectivity index (χ3n) is 8.09. The fraction of sp³-hybridized carbons (Fsp3) is 0.963. The Morgan fingerprint density at radius 2 is 0.812 bits per heavy atom. The molecule has 0 saturated heterocycles. The van der Waals surface area contributed by atoms with Crippen LogP contribution in [0.25, 0.3) is 0 Å². The van der Waals surface area contributed by atoms with E-state index in [0.717, 1.165) is 5.75 Å². The van der Waals surface area contributed by atoms with Gasteiger partial charge in [0.25, 0.3) is 0 Å². The first-order valence-corrected chi connectivity index (χ1v) is 17.6. The highest BCUT2D eigenvalue weighted by Crippen LogP contribution is 2.72. The molecule has 5 heteroatoms. The smallest absolute Gasteiger partial charge is 0.139 e. The molecule has 1 aliphatic heterocycles. The lowest BCUT2D eigenvalue weighted by molar-refractivity contribution is 0.328. The average Bonchev–Trinajstić information content (AvgIpc) is 2.90. The van der Waals surface area contributed by atoms with Crippen LogP contribution in [0.1, 0.15) is 125 Å². The van der Waals surface area contributed by atoms with Gasteiger partial charge >= 0.3 is 0 Å². The summed E-state index contributed by atoms with van der Waals surface area (Å²) in [6.07, 6.45) is 0.272. The summed E-state index contributed by atoms with van der Waals surface area (Å²) < 4.78 is 3.27. The van der Waals surface area contributed by atoms with E-state index < -0.39 is 16.5 Å². The van der Waals surface area contributed by atoms with Crippen molar-refractivity contribution in [3.05, 3.63) is 0 Å². The summed E-state index contributed by atoms with van der Waals surface area (Å²) in [7, 11) is -4.58. The van der Waals surface area contributed by atoms with E-state index in [1.54, 1.807) is 0 Å². The number of rotatable bonds is 3. The van der Waals surface area contributed by atoms with Crippen LogP contribution in [-0.4, -0.2) is 38.2 Å². The predicted octanol–water partition coefficient (Wildman–Crippen LogP) is 10.1. The Hall–Kier alpha value is 0.414. The minimum Gasteiger partial charge on any atom is -0.321 e. The van der Waals surface area contributed by atoms with Crippen molar-refractivity contribution in [3.63, 3.8) is 0 Å². The van der Waals surface area contributed by atoms with Gasteiger partial charge < -0.3 is 4.23 Å². The first kappa shape index (κ1) is 30.4. The minimum absolute atomic E-state index is 0.187. The standard InChI is InChI=1S/C27H58N2SSi2/c1-22(2,3)31(23(4,5)6,24(7,8)9)29(21-19-30-20-28-21)32(25(10,11)12,26(13,14)15)27(16,17)18/h20-21H,19H2,1-18H3. The fourth-order valence-electron chi connectivity index (χ4n) is 10.0. The molecule has 1 heterocycles. The maximum absolute atomic E-state index is 5.28. The van der Waals surface area contributed by atoms with Crippen LogP contribution in [0.3, 0.4) is 0 Å². The monoisotopic (exact) mass is 498 g/mol. The molecular formula is C27H58N2SSi2. The Balaban J connectivity index is 4.55. The fourth-order valence-corrected chi connectivity index (χ4v) is 38.1. The maximum atomic E-state index is 5.28. The van der Waals surface area contributed by atoms with E-state index >= 15 is 0 Å². The van der Waals surface area contributed by atoms with Gasteiger partial charge in [0, 0.05) is 5.75 Å². The highest BCUT2D eigenvalue weighted by Gasteiger charge is 2.75. The van der Waals surface area contributed by atoms with Crippen molar-refractivity contribution >= 4 is 33.8 Å². The summed E-state index contributed by atoms with van der Waals surface area (Å²) in [6.45, 7) is 46.0. The van der Waals surface area contributed by atoms with Crippen LogP contribution in [0.4, 0.5) is 0 Å². The number of hydrogen-bond acceptors (Lipinski definition) is 3. The molecule has 0 amide bonds. The van der Waals surface area contributed by atoms with Gasteiger partial charge in [0.2, 0.25) is 0 Å². The van der Waals surface area contributed by atoms with Crippen molar-refractivity contribution in [2.24, 2.45) is 4.99 Å². The molecule has 1 atom stereocenters. The molecule has 0 saturated carbocycles. The lowest BCUT2D eigenvalue weighted by Crippen LogP contribution is -2.84. The van der Waals surface area contributed by atoms with Crippen molar-refractivity contribution in [3.8, 4) is 0 Å². The SMILES string of the molecule is CC(C)(C)[Si](N(C1CSC=N1)[Si](C(C)(C)C)(C(C)(C)C)C(C)(C)C)(C(C)(C)C)C(C)(C)C. The molecule has 32 heavy (non-hydrogen) atoms. The third-order valence-corrected chi connectivity index (χ3v) is 25.9. The highest BCUT2D eigenvalue weighted by molar-refractivity contribution is 8.12. The summed E-state index contributed by atoms with van der Waals surface area (Å²) >= 11 is 1.92. The number of aliphatic imine (C=N–C) groups is 1. The lowest BCUT2D eigenvalue weighted by Gasteiger charge is -2.75. The predicted molar refractivity (Wildman–Crippen MR) is 156 cm³/mol. The molecule has 1 rings (SSSR count). The lowest BCUT2D eigenvalue weighted by atomic mass is 10.2. The molecule has 0 radical (unpaired) electrons. The highest BCUT2D eigenvalue weighted by atomic mass is 32.2. The van der Waals surface area contributed by atoms with Crippen LogP contribution in [0.5, 0.6) is 0 Å². The zero-order chi connectivity index (χ0) is 26.0. The van der Waals surface area contributed by atoms with Gasteiger partial charge in [-0.2, -0.15) is 0 Å². The van der Waals surface area contributed by atoms with Crippen LogP contribution in [0.2, 0.25) is 30.2 Å². The van der Waals surface area contributed by atoms with Gasteiger partial charge in [0.05, 0.1) is 5.55 Å². The second kappa shape index (κ2) is 8.52. The van der Waals surface area contributed by atoms with Crippen molar-refractivity contribution in [1.29, 1.82) is 0 Å². The van der Waals surface area contributed by atoms with Crippen LogP contribution in [0, 0.1) is 0 Å². The molecule has 0 N–H and O–H groups in total. The Labute approximate surface area is 209 Å². The van der Waals surface area contributed by atoms with Crippen molar-refractivity contribution < 1.29 is 0 Å². The summed E-state index contributed by atoms with van der Waals surface area (Å²) in [4.78, 5) is 5.28. The van der Waals surface area contributed by atoms with Crippen molar-refractivity contribution in [2.75, 3.05) is 5.75 Å². The summed E-state index contributed by atoms with van der Waals surface area (Å²) in [6, 6.07) is 0. The molecule has 0 aromatic heterocycles. The summed E-state index contributed by atoms with van der Waals surface area (Å²) in [5.74, 6) is 1.09. The third kappa shape index (κ3) is 4.39. The Kier molecular flexibility index (Phi) is 8.10. The molecule has 0 aromatic carbocycles. The van der Waals surface area contributed by atoms with E-state index in [1.165, 1.54) is 0 Å². The van der Waals surface area contributed by atoms with Crippen LogP contribution >= 0.6 is 11.8 Å². The van der Waals surface area contributed by atoms with E-state index in [1.807, 2.05) is 11.8 Å². The molecule has 0 spiro atoms. The van der Waals surface area contributed by atoms with E-state index in [9.17, 15) is 0 Å². The average molecular weight is 499 g/mol. The van der Waals surface area contributed by atoms with E-state index in [-0.39, 0.29) is 36.4 Å². The van der Waals surface area contributed by atoms with Crippen LogP contribution in [0.15, 0.2) is 4.99 Å². The van der Waals surface area contributed by atoms with E-state index in [0.29, 0.717) is 0 Å². The molecule has 0 aromatic rings.